The van der Waals surface area contributed by atoms with E-state index in [9.17, 15) is 0 Å². The molecule has 1 aromatic rings. The van der Waals surface area contributed by atoms with Crippen molar-refractivity contribution in [2.45, 2.75) is 6.42 Å². The van der Waals surface area contributed by atoms with Gasteiger partial charge in [0.05, 0.1) is 0 Å². The summed E-state index contributed by atoms with van der Waals surface area (Å²) in [4.78, 5) is 0. The van der Waals surface area contributed by atoms with E-state index in [2.05, 4.69) is 25.9 Å². The average Bonchev–Trinajstić information content (AvgIpc) is 2.33. The smallest absolute Gasteiger partial charge is 0.174 e. The molecule has 9 heavy (non-hydrogen) atoms. The van der Waals surface area contributed by atoms with E-state index >= 15 is 0 Å². The Labute approximate surface area is 51.5 Å². The van der Waals surface area contributed by atoms with Crippen molar-refractivity contribution >= 4 is 5.82 Å². The second-order valence-corrected chi connectivity index (χ2v) is 1.85. The number of fused-ring (bicyclic) bond motifs is 1. The van der Waals surface area contributed by atoms with Gasteiger partial charge in [0, 0.05) is 13.0 Å². The highest BCUT2D eigenvalue weighted by Gasteiger charge is 2.11. The monoisotopic (exact) mass is 123 g/mol. The van der Waals surface area contributed by atoms with Crippen molar-refractivity contribution in [2.24, 2.45) is 0 Å². The lowest BCUT2D eigenvalue weighted by molar-refractivity contribution is 0.749. The molecule has 0 saturated heterocycles. The molecule has 1 aromatic heterocycles. The standard InChI is InChI=1S/C4H5N5/c1-2-5-4-3(1)6-8-9-7-4/h1-2H2,(H,5,7,8). The van der Waals surface area contributed by atoms with Crippen molar-refractivity contribution in [3.63, 3.8) is 0 Å². The summed E-state index contributed by atoms with van der Waals surface area (Å²) in [6.07, 6.45) is 0.915. The van der Waals surface area contributed by atoms with Crippen LogP contribution in [0.15, 0.2) is 0 Å². The fourth-order valence-electron chi connectivity index (χ4n) is 0.849. The minimum absolute atomic E-state index is 0.782. The molecule has 46 valence electrons. The van der Waals surface area contributed by atoms with Gasteiger partial charge in [-0.25, -0.2) is 0 Å². The summed E-state index contributed by atoms with van der Waals surface area (Å²) in [5, 5.41) is 17.3. The van der Waals surface area contributed by atoms with E-state index in [-0.39, 0.29) is 0 Å². The first-order valence-corrected chi connectivity index (χ1v) is 2.75. The number of rotatable bonds is 0. The van der Waals surface area contributed by atoms with Gasteiger partial charge in [0.15, 0.2) is 5.82 Å². The number of nitrogens with one attached hydrogen (secondary N) is 1. The van der Waals surface area contributed by atoms with Gasteiger partial charge >= 0.3 is 0 Å². The minimum Gasteiger partial charge on any atom is -0.367 e. The van der Waals surface area contributed by atoms with E-state index < -0.39 is 0 Å². The third kappa shape index (κ3) is 0.611. The molecule has 0 amide bonds. The normalized spacial score (nSPS) is 14.7. The average molecular weight is 123 g/mol. The molecule has 0 aliphatic carbocycles. The second-order valence-electron chi connectivity index (χ2n) is 1.85. The largest absolute Gasteiger partial charge is 0.367 e. The molecule has 0 radical (unpaired) electrons. The predicted octanol–water partition coefficient (Wildman–Crippen LogP) is -0.765. The molecule has 0 unspecified atom stereocenters. The minimum atomic E-state index is 0.782. The van der Waals surface area contributed by atoms with Crippen LogP contribution >= 0.6 is 0 Å². The molecule has 0 spiro atoms. The molecule has 1 aliphatic rings. The van der Waals surface area contributed by atoms with Crippen LogP contribution in [0.1, 0.15) is 5.69 Å². The Morgan fingerprint density at radius 3 is 3.00 bits per heavy atom. The summed E-state index contributed by atoms with van der Waals surface area (Å²) in [5.74, 6) is 0.782. The van der Waals surface area contributed by atoms with Gasteiger partial charge in [-0.1, -0.05) is 0 Å². The Hall–Kier alpha value is -1.26. The van der Waals surface area contributed by atoms with Crippen molar-refractivity contribution < 1.29 is 0 Å². The maximum atomic E-state index is 3.77. The maximum absolute atomic E-state index is 3.77. The third-order valence-corrected chi connectivity index (χ3v) is 1.28. The SMILES string of the molecule is C1Cc2nnnnc2N1. The van der Waals surface area contributed by atoms with Gasteiger partial charge < -0.3 is 5.32 Å². The van der Waals surface area contributed by atoms with Crippen molar-refractivity contribution in [2.75, 3.05) is 11.9 Å². The molecule has 0 bridgehead atoms. The lowest BCUT2D eigenvalue weighted by Crippen LogP contribution is -1.97. The first-order valence-electron chi connectivity index (χ1n) is 2.75. The third-order valence-electron chi connectivity index (χ3n) is 1.28. The van der Waals surface area contributed by atoms with Gasteiger partial charge in [0.1, 0.15) is 5.69 Å². The van der Waals surface area contributed by atoms with Crippen LogP contribution in [-0.2, 0) is 6.42 Å². The summed E-state index contributed by atoms with van der Waals surface area (Å²) >= 11 is 0. The first-order chi connectivity index (χ1) is 4.47. The fraction of sp³-hybridized carbons (Fsp3) is 0.500. The van der Waals surface area contributed by atoms with Gasteiger partial charge in [-0.15, -0.1) is 10.2 Å². The number of hydrogen-bond donors (Lipinski definition) is 1. The molecule has 0 saturated carbocycles. The highest BCUT2D eigenvalue weighted by Crippen LogP contribution is 2.12. The van der Waals surface area contributed by atoms with Crippen LogP contribution in [0.2, 0.25) is 0 Å². The summed E-state index contributed by atoms with van der Waals surface area (Å²) < 4.78 is 0. The van der Waals surface area contributed by atoms with Gasteiger partial charge in [-0.05, 0) is 10.4 Å². The number of anilines is 1. The molecule has 0 fully saturated rings. The highest BCUT2D eigenvalue weighted by molar-refractivity contribution is 5.42. The van der Waals surface area contributed by atoms with Crippen LogP contribution in [0, 0.1) is 0 Å². The van der Waals surface area contributed by atoms with Gasteiger partial charge in [-0.2, -0.15) is 0 Å². The molecule has 1 N–H and O–H groups in total. The van der Waals surface area contributed by atoms with E-state index in [4.69, 9.17) is 0 Å². The maximum Gasteiger partial charge on any atom is 0.174 e. The molecule has 2 rings (SSSR count). The van der Waals surface area contributed by atoms with Crippen LogP contribution in [0.25, 0.3) is 0 Å². The molecular weight excluding hydrogens is 118 g/mol. The van der Waals surface area contributed by atoms with Crippen molar-refractivity contribution in [1.29, 1.82) is 0 Å². The zero-order valence-corrected chi connectivity index (χ0v) is 4.70. The van der Waals surface area contributed by atoms with Crippen LogP contribution in [0.3, 0.4) is 0 Å². The van der Waals surface area contributed by atoms with Crippen molar-refractivity contribution in [1.82, 2.24) is 20.6 Å². The van der Waals surface area contributed by atoms with E-state index in [0.717, 1.165) is 24.5 Å². The molecular formula is C4H5N5. The molecule has 5 nitrogen and oxygen atoms in total. The van der Waals surface area contributed by atoms with E-state index in [0.29, 0.717) is 0 Å². The lowest BCUT2D eigenvalue weighted by atomic mass is 10.4. The molecule has 0 atom stereocenters. The highest BCUT2D eigenvalue weighted by atomic mass is 15.4. The first kappa shape index (κ1) is 4.60. The zero-order valence-electron chi connectivity index (χ0n) is 4.70. The van der Waals surface area contributed by atoms with E-state index in [1.54, 1.807) is 0 Å². The van der Waals surface area contributed by atoms with Crippen molar-refractivity contribution in [3.8, 4) is 0 Å². The molecule has 0 aromatic carbocycles. The number of nitrogens with zero attached hydrogens (tertiary/aromatic N) is 4. The quantitative estimate of drug-likeness (QED) is 0.491. The van der Waals surface area contributed by atoms with E-state index in [1.807, 2.05) is 0 Å². The van der Waals surface area contributed by atoms with Crippen molar-refractivity contribution in [3.05, 3.63) is 5.69 Å². The Morgan fingerprint density at radius 2 is 2.11 bits per heavy atom. The summed E-state index contributed by atoms with van der Waals surface area (Å²) in [6.45, 7) is 0.905. The number of aromatic nitrogens is 4. The Kier molecular flexibility index (Phi) is 0.824. The Balaban J connectivity index is 2.54. The Morgan fingerprint density at radius 1 is 1.22 bits per heavy atom. The summed E-state index contributed by atoms with van der Waals surface area (Å²) in [7, 11) is 0. The lowest BCUT2D eigenvalue weighted by Gasteiger charge is -1.89. The Bertz CT molecular complexity index is 199. The summed E-state index contributed by atoms with van der Waals surface area (Å²) in [5.41, 5.74) is 0.921. The van der Waals surface area contributed by atoms with E-state index in [1.165, 1.54) is 0 Å². The second kappa shape index (κ2) is 1.61. The number of hydrogen-bond acceptors (Lipinski definition) is 5. The molecule has 5 heteroatoms. The fourth-order valence-corrected chi connectivity index (χ4v) is 0.849. The van der Waals surface area contributed by atoms with Gasteiger partial charge in [0.2, 0.25) is 0 Å². The topological polar surface area (TPSA) is 63.6 Å². The molecule has 2 heterocycles. The predicted molar refractivity (Wildman–Crippen MR) is 29.8 cm³/mol. The van der Waals surface area contributed by atoms with Gasteiger partial charge in [-0.3, -0.25) is 0 Å². The van der Waals surface area contributed by atoms with Gasteiger partial charge in [0.25, 0.3) is 0 Å². The van der Waals surface area contributed by atoms with Crippen LogP contribution in [-0.4, -0.2) is 27.2 Å². The molecule has 1 aliphatic heterocycles. The zero-order chi connectivity index (χ0) is 6.10. The van der Waals surface area contributed by atoms with Crippen LogP contribution < -0.4 is 5.32 Å². The summed E-state index contributed by atoms with van der Waals surface area (Å²) in [6, 6.07) is 0. The van der Waals surface area contributed by atoms with Crippen LogP contribution in [0.4, 0.5) is 5.82 Å². The van der Waals surface area contributed by atoms with Crippen LogP contribution in [0.5, 0.6) is 0 Å².